The van der Waals surface area contributed by atoms with E-state index in [1.165, 1.54) is 6.42 Å². The number of hydrogen-bond donors (Lipinski definition) is 1. The number of amides is 2. The van der Waals surface area contributed by atoms with Gasteiger partial charge in [0.15, 0.2) is 0 Å². The predicted molar refractivity (Wildman–Crippen MR) is 109 cm³/mol. The van der Waals surface area contributed by atoms with E-state index in [1.54, 1.807) is 35.9 Å². The summed E-state index contributed by atoms with van der Waals surface area (Å²) in [5.41, 5.74) is 1.69. The lowest BCUT2D eigenvalue weighted by atomic mass is 9.92. The lowest BCUT2D eigenvalue weighted by Gasteiger charge is -2.42. The van der Waals surface area contributed by atoms with Crippen molar-refractivity contribution in [2.75, 3.05) is 24.6 Å². The van der Waals surface area contributed by atoms with Gasteiger partial charge in [-0.15, -0.1) is 23.5 Å². The number of carbonyl (C=O) groups excluding carboxylic acids is 2. The molecular formula is C19H27N3O2S2. The van der Waals surface area contributed by atoms with Crippen molar-refractivity contribution in [3.8, 4) is 0 Å². The number of rotatable bonds is 6. The average Bonchev–Trinajstić information content (AvgIpc) is 2.64. The van der Waals surface area contributed by atoms with Crippen molar-refractivity contribution >= 4 is 35.3 Å². The molecule has 0 radical (unpaired) electrons. The fourth-order valence-corrected chi connectivity index (χ4v) is 6.13. The van der Waals surface area contributed by atoms with E-state index in [0.29, 0.717) is 11.5 Å². The van der Waals surface area contributed by atoms with E-state index < -0.39 is 0 Å². The zero-order chi connectivity index (χ0) is 18.5. The van der Waals surface area contributed by atoms with E-state index in [0.717, 1.165) is 43.0 Å². The Balaban J connectivity index is 1.41. The van der Waals surface area contributed by atoms with Gasteiger partial charge in [-0.1, -0.05) is 6.92 Å². The smallest absolute Gasteiger partial charge is 0.253 e. The predicted octanol–water partition coefficient (Wildman–Crippen LogP) is 2.81. The van der Waals surface area contributed by atoms with Crippen LogP contribution in [0.2, 0.25) is 0 Å². The molecule has 5 nitrogen and oxygen atoms in total. The van der Waals surface area contributed by atoms with E-state index >= 15 is 0 Å². The first kappa shape index (κ1) is 19.5. The fraction of sp³-hybridized carbons (Fsp3) is 0.632. The highest BCUT2D eigenvalue weighted by Gasteiger charge is 2.36. The third-order valence-electron chi connectivity index (χ3n) is 4.83. The molecule has 2 saturated heterocycles. The van der Waals surface area contributed by atoms with Crippen molar-refractivity contribution in [3.05, 3.63) is 29.6 Å². The number of pyridine rings is 1. The maximum atomic E-state index is 12.4. The fourth-order valence-electron chi connectivity index (χ4n) is 3.35. The van der Waals surface area contributed by atoms with Crippen LogP contribution in [-0.4, -0.2) is 56.9 Å². The van der Waals surface area contributed by atoms with Crippen molar-refractivity contribution in [1.82, 2.24) is 15.2 Å². The molecule has 0 spiro atoms. The normalized spacial score (nSPS) is 19.7. The van der Waals surface area contributed by atoms with Gasteiger partial charge in [-0.3, -0.25) is 14.6 Å². The molecule has 142 valence electrons. The summed E-state index contributed by atoms with van der Waals surface area (Å²) >= 11 is 3.56. The molecule has 1 atom stereocenters. The molecular weight excluding hydrogens is 366 g/mol. The highest BCUT2D eigenvalue weighted by Crippen LogP contribution is 2.34. The number of nitrogens with zero attached hydrogens (tertiary/aromatic N) is 2. The molecule has 2 fully saturated rings. The second kappa shape index (κ2) is 9.13. The topological polar surface area (TPSA) is 62.3 Å². The number of hydrogen-bond acceptors (Lipinski definition) is 5. The molecule has 1 N–H and O–H groups in total. The molecule has 0 aliphatic carbocycles. The Morgan fingerprint density at radius 3 is 2.73 bits per heavy atom. The molecule has 1 aromatic heterocycles. The maximum absolute atomic E-state index is 12.4. The second-order valence-corrected chi connectivity index (χ2v) is 9.81. The zero-order valence-electron chi connectivity index (χ0n) is 15.4. The Labute approximate surface area is 164 Å². The molecule has 0 bridgehead atoms. The van der Waals surface area contributed by atoms with Crippen molar-refractivity contribution in [2.24, 2.45) is 5.92 Å². The third-order valence-corrected chi connectivity index (χ3v) is 7.70. The molecule has 2 aliphatic heterocycles. The van der Waals surface area contributed by atoms with Gasteiger partial charge in [0.05, 0.1) is 5.56 Å². The molecule has 0 aromatic carbocycles. The number of aryl methyl sites for hydroxylation is 1. The monoisotopic (exact) mass is 393 g/mol. The maximum Gasteiger partial charge on any atom is 0.253 e. The first-order valence-electron chi connectivity index (χ1n) is 9.33. The van der Waals surface area contributed by atoms with Gasteiger partial charge in [-0.05, 0) is 55.2 Å². The molecule has 1 aromatic rings. The first-order chi connectivity index (χ1) is 12.6. The van der Waals surface area contributed by atoms with E-state index in [2.05, 4.69) is 17.2 Å². The van der Waals surface area contributed by atoms with Gasteiger partial charge >= 0.3 is 0 Å². The summed E-state index contributed by atoms with van der Waals surface area (Å²) in [6, 6.07) is 1.99. The van der Waals surface area contributed by atoms with Crippen LogP contribution in [0.3, 0.4) is 0 Å². The van der Waals surface area contributed by atoms with Crippen LogP contribution in [0.1, 0.15) is 42.6 Å². The van der Waals surface area contributed by atoms with Crippen LogP contribution in [0, 0.1) is 5.92 Å². The highest BCUT2D eigenvalue weighted by molar-refractivity contribution is 8.18. The SMILES string of the molecule is CCc1cncc(C(=O)NC(C)CC2CN(C(=O)C3SCCCS3)C2)c1. The summed E-state index contributed by atoms with van der Waals surface area (Å²) in [4.78, 5) is 30.9. The van der Waals surface area contributed by atoms with E-state index in [-0.39, 0.29) is 22.4 Å². The Morgan fingerprint density at radius 2 is 2.04 bits per heavy atom. The van der Waals surface area contributed by atoms with Gasteiger partial charge in [0.2, 0.25) is 5.91 Å². The van der Waals surface area contributed by atoms with Crippen LogP contribution >= 0.6 is 23.5 Å². The third kappa shape index (κ3) is 4.94. The summed E-state index contributed by atoms with van der Waals surface area (Å²) in [6.07, 6.45) is 6.39. The van der Waals surface area contributed by atoms with Crippen LogP contribution in [0.4, 0.5) is 0 Å². The van der Waals surface area contributed by atoms with Crippen LogP contribution in [-0.2, 0) is 11.2 Å². The van der Waals surface area contributed by atoms with Gasteiger partial charge < -0.3 is 10.2 Å². The van der Waals surface area contributed by atoms with Gasteiger partial charge in [0, 0.05) is 31.5 Å². The highest BCUT2D eigenvalue weighted by atomic mass is 32.2. The first-order valence-corrected chi connectivity index (χ1v) is 11.4. The average molecular weight is 394 g/mol. The number of carbonyl (C=O) groups is 2. The molecule has 1 unspecified atom stereocenters. The largest absolute Gasteiger partial charge is 0.350 e. The molecule has 2 aliphatic rings. The van der Waals surface area contributed by atoms with Crippen LogP contribution in [0.25, 0.3) is 0 Å². The van der Waals surface area contributed by atoms with E-state index in [9.17, 15) is 9.59 Å². The summed E-state index contributed by atoms with van der Waals surface area (Å²) in [5, 5.41) is 3.06. The lowest BCUT2D eigenvalue weighted by Crippen LogP contribution is -2.54. The second-order valence-electron chi connectivity index (χ2n) is 7.08. The van der Waals surface area contributed by atoms with E-state index in [4.69, 9.17) is 0 Å². The lowest BCUT2D eigenvalue weighted by molar-refractivity contribution is -0.135. The Morgan fingerprint density at radius 1 is 1.31 bits per heavy atom. The van der Waals surface area contributed by atoms with Crippen LogP contribution in [0.5, 0.6) is 0 Å². The summed E-state index contributed by atoms with van der Waals surface area (Å²) in [7, 11) is 0. The molecule has 3 heterocycles. The van der Waals surface area contributed by atoms with E-state index in [1.807, 2.05) is 17.9 Å². The van der Waals surface area contributed by atoms with Crippen LogP contribution < -0.4 is 5.32 Å². The Hall–Kier alpha value is -1.21. The minimum atomic E-state index is -0.0671. The quantitative estimate of drug-likeness (QED) is 0.805. The number of thioether (sulfide) groups is 2. The zero-order valence-corrected chi connectivity index (χ0v) is 17.1. The van der Waals surface area contributed by atoms with Gasteiger partial charge in [0.25, 0.3) is 5.91 Å². The minimum Gasteiger partial charge on any atom is -0.350 e. The van der Waals surface area contributed by atoms with Gasteiger partial charge in [-0.2, -0.15) is 0 Å². The minimum absolute atomic E-state index is 0.0671. The van der Waals surface area contributed by atoms with Crippen molar-refractivity contribution in [1.29, 1.82) is 0 Å². The van der Waals surface area contributed by atoms with Crippen molar-refractivity contribution in [3.63, 3.8) is 0 Å². The molecule has 3 rings (SSSR count). The van der Waals surface area contributed by atoms with Gasteiger partial charge in [0.1, 0.15) is 4.58 Å². The van der Waals surface area contributed by atoms with Crippen molar-refractivity contribution < 1.29 is 9.59 Å². The summed E-state index contributed by atoms with van der Waals surface area (Å²) < 4.78 is 0.0974. The molecule has 2 amide bonds. The molecule has 26 heavy (non-hydrogen) atoms. The summed E-state index contributed by atoms with van der Waals surface area (Å²) in [5.74, 6) is 2.89. The number of likely N-dealkylation sites (tertiary alicyclic amines) is 1. The van der Waals surface area contributed by atoms with Gasteiger partial charge in [-0.25, -0.2) is 0 Å². The number of nitrogens with one attached hydrogen (secondary N) is 1. The molecule has 0 saturated carbocycles. The standard InChI is InChI=1S/C19H27N3O2S2/c1-3-14-8-16(10-20-9-14)17(23)21-13(2)7-15-11-22(12-15)18(24)19-25-5-4-6-26-19/h8-10,13,15,19H,3-7,11-12H2,1-2H3,(H,21,23). The number of aromatic nitrogens is 1. The van der Waals surface area contributed by atoms with Crippen LogP contribution in [0.15, 0.2) is 18.5 Å². The van der Waals surface area contributed by atoms with Crippen molar-refractivity contribution in [2.45, 2.75) is 43.7 Å². The molecule has 7 heteroatoms. The summed E-state index contributed by atoms with van der Waals surface area (Å²) in [6.45, 7) is 5.73. The Kier molecular flexibility index (Phi) is 6.86. The Bertz CT molecular complexity index is 643.